The van der Waals surface area contributed by atoms with E-state index < -0.39 is 0 Å². The van der Waals surface area contributed by atoms with Gasteiger partial charge in [0.15, 0.2) is 0 Å². The molecule has 1 N–H and O–H groups in total. The average molecular weight is 305 g/mol. The first-order valence-corrected chi connectivity index (χ1v) is 8.20. The smallest absolute Gasteiger partial charge is 0.0701 e. The maximum absolute atomic E-state index is 5.52. The zero-order valence-electron chi connectivity index (χ0n) is 14.2. The summed E-state index contributed by atoms with van der Waals surface area (Å²) in [6.45, 7) is 11.3. The Labute approximate surface area is 130 Å². The summed E-state index contributed by atoms with van der Waals surface area (Å²) in [6.07, 6.45) is 3.58. The van der Waals surface area contributed by atoms with E-state index in [0.29, 0.717) is 39.6 Å². The van der Waals surface area contributed by atoms with Crippen molar-refractivity contribution in [2.45, 2.75) is 33.1 Å². The fourth-order valence-electron chi connectivity index (χ4n) is 1.71. The highest BCUT2D eigenvalue weighted by molar-refractivity contribution is 4.51. The Bertz CT molecular complexity index is 191. The second-order valence-corrected chi connectivity index (χ2v) is 5.49. The van der Waals surface area contributed by atoms with Gasteiger partial charge in [-0.25, -0.2) is 0 Å². The van der Waals surface area contributed by atoms with Gasteiger partial charge in [-0.15, -0.1) is 0 Å². The van der Waals surface area contributed by atoms with Crippen LogP contribution < -0.4 is 5.32 Å². The summed E-state index contributed by atoms with van der Waals surface area (Å²) >= 11 is 0. The maximum atomic E-state index is 5.52. The van der Waals surface area contributed by atoms with Crippen molar-refractivity contribution < 1.29 is 18.9 Å². The highest BCUT2D eigenvalue weighted by Crippen LogP contribution is 1.95. The molecule has 128 valence electrons. The fourth-order valence-corrected chi connectivity index (χ4v) is 1.71. The standard InChI is InChI=1S/C16H35NO4/c1-16(2)15-17-7-5-4-6-8-19-11-12-21-14-13-20-10-9-18-3/h16-17H,4-15H2,1-3H3. The van der Waals surface area contributed by atoms with Crippen molar-refractivity contribution in [2.75, 3.05) is 66.4 Å². The van der Waals surface area contributed by atoms with E-state index in [-0.39, 0.29) is 0 Å². The number of rotatable bonds is 17. The molecule has 0 saturated carbocycles. The van der Waals surface area contributed by atoms with Crippen LogP contribution in [0.5, 0.6) is 0 Å². The van der Waals surface area contributed by atoms with Crippen LogP contribution in [-0.2, 0) is 18.9 Å². The van der Waals surface area contributed by atoms with Gasteiger partial charge in [0.2, 0.25) is 0 Å². The molecule has 0 fully saturated rings. The molecule has 0 amide bonds. The van der Waals surface area contributed by atoms with Gasteiger partial charge < -0.3 is 24.3 Å². The molecular weight excluding hydrogens is 270 g/mol. The van der Waals surface area contributed by atoms with E-state index in [4.69, 9.17) is 18.9 Å². The molecule has 0 aliphatic heterocycles. The first-order valence-electron chi connectivity index (χ1n) is 8.20. The van der Waals surface area contributed by atoms with Gasteiger partial charge in [0, 0.05) is 13.7 Å². The first-order chi connectivity index (χ1) is 10.3. The molecule has 0 aliphatic rings. The summed E-state index contributed by atoms with van der Waals surface area (Å²) in [6, 6.07) is 0. The van der Waals surface area contributed by atoms with Crippen LogP contribution in [-0.4, -0.2) is 66.4 Å². The van der Waals surface area contributed by atoms with Crippen LogP contribution in [0.25, 0.3) is 0 Å². The lowest BCUT2D eigenvalue weighted by atomic mass is 10.2. The van der Waals surface area contributed by atoms with E-state index in [1.807, 2.05) is 0 Å². The predicted octanol–water partition coefficient (Wildman–Crippen LogP) is 2.10. The number of hydrogen-bond acceptors (Lipinski definition) is 5. The van der Waals surface area contributed by atoms with Gasteiger partial charge in [-0.3, -0.25) is 0 Å². The Balaban J connectivity index is 2.93. The third-order valence-corrected chi connectivity index (χ3v) is 2.87. The minimum absolute atomic E-state index is 0.618. The molecule has 0 unspecified atom stereocenters. The third kappa shape index (κ3) is 19.8. The molecule has 0 heterocycles. The molecule has 21 heavy (non-hydrogen) atoms. The highest BCUT2D eigenvalue weighted by atomic mass is 16.6. The first kappa shape index (κ1) is 20.8. The van der Waals surface area contributed by atoms with Crippen molar-refractivity contribution in [3.8, 4) is 0 Å². The molecule has 0 spiro atoms. The van der Waals surface area contributed by atoms with Crippen molar-refractivity contribution in [3.05, 3.63) is 0 Å². The Hall–Kier alpha value is -0.200. The van der Waals surface area contributed by atoms with Gasteiger partial charge in [0.1, 0.15) is 0 Å². The van der Waals surface area contributed by atoms with Crippen LogP contribution in [0.2, 0.25) is 0 Å². The van der Waals surface area contributed by atoms with E-state index in [1.54, 1.807) is 7.11 Å². The van der Waals surface area contributed by atoms with Crippen LogP contribution in [0.3, 0.4) is 0 Å². The van der Waals surface area contributed by atoms with Crippen LogP contribution in [0, 0.1) is 5.92 Å². The third-order valence-electron chi connectivity index (χ3n) is 2.87. The Morgan fingerprint density at radius 1 is 0.714 bits per heavy atom. The molecular formula is C16H35NO4. The predicted molar refractivity (Wildman–Crippen MR) is 85.9 cm³/mol. The Morgan fingerprint density at radius 3 is 1.86 bits per heavy atom. The lowest BCUT2D eigenvalue weighted by Crippen LogP contribution is -2.20. The monoisotopic (exact) mass is 305 g/mol. The van der Waals surface area contributed by atoms with Crippen molar-refractivity contribution in [2.24, 2.45) is 5.92 Å². The molecule has 0 aromatic carbocycles. The van der Waals surface area contributed by atoms with E-state index in [0.717, 1.165) is 32.0 Å². The molecule has 0 bridgehead atoms. The molecule has 0 saturated heterocycles. The molecule has 0 aromatic heterocycles. The van der Waals surface area contributed by atoms with Gasteiger partial charge in [-0.05, 0) is 38.3 Å². The number of ether oxygens (including phenoxy) is 4. The van der Waals surface area contributed by atoms with Crippen LogP contribution in [0.4, 0.5) is 0 Å². The zero-order chi connectivity index (χ0) is 15.6. The van der Waals surface area contributed by atoms with Crippen molar-refractivity contribution in [3.63, 3.8) is 0 Å². The SMILES string of the molecule is COCCOCCOCCOCCCCCNCC(C)C. The second kappa shape index (κ2) is 17.9. The lowest BCUT2D eigenvalue weighted by Gasteiger charge is -2.08. The average Bonchev–Trinajstić information content (AvgIpc) is 2.46. The highest BCUT2D eigenvalue weighted by Gasteiger charge is 1.94. The van der Waals surface area contributed by atoms with E-state index >= 15 is 0 Å². The minimum atomic E-state index is 0.618. The minimum Gasteiger partial charge on any atom is -0.382 e. The summed E-state index contributed by atoms with van der Waals surface area (Å²) in [5, 5.41) is 3.45. The van der Waals surface area contributed by atoms with Gasteiger partial charge in [-0.2, -0.15) is 0 Å². The van der Waals surface area contributed by atoms with E-state index in [9.17, 15) is 0 Å². The summed E-state index contributed by atoms with van der Waals surface area (Å²) in [5.74, 6) is 0.735. The number of hydrogen-bond donors (Lipinski definition) is 1. The molecule has 5 heteroatoms. The Morgan fingerprint density at radius 2 is 1.29 bits per heavy atom. The van der Waals surface area contributed by atoms with Gasteiger partial charge in [-0.1, -0.05) is 13.8 Å². The van der Waals surface area contributed by atoms with E-state index in [2.05, 4.69) is 19.2 Å². The fraction of sp³-hybridized carbons (Fsp3) is 1.00. The molecule has 0 atom stereocenters. The lowest BCUT2D eigenvalue weighted by molar-refractivity contribution is 0.00325. The summed E-state index contributed by atoms with van der Waals surface area (Å²) < 4.78 is 21.1. The number of methoxy groups -OCH3 is 1. The largest absolute Gasteiger partial charge is 0.382 e. The quantitative estimate of drug-likeness (QED) is 0.417. The molecule has 5 nitrogen and oxygen atoms in total. The van der Waals surface area contributed by atoms with Gasteiger partial charge in [0.25, 0.3) is 0 Å². The van der Waals surface area contributed by atoms with Crippen LogP contribution in [0.15, 0.2) is 0 Å². The molecule has 0 radical (unpaired) electrons. The summed E-state index contributed by atoms with van der Waals surface area (Å²) in [4.78, 5) is 0. The normalized spacial score (nSPS) is 11.4. The Kier molecular flexibility index (Phi) is 17.7. The summed E-state index contributed by atoms with van der Waals surface area (Å²) in [7, 11) is 1.67. The maximum Gasteiger partial charge on any atom is 0.0701 e. The van der Waals surface area contributed by atoms with Crippen molar-refractivity contribution in [1.82, 2.24) is 5.32 Å². The number of unbranched alkanes of at least 4 members (excludes halogenated alkanes) is 2. The van der Waals surface area contributed by atoms with Gasteiger partial charge >= 0.3 is 0 Å². The second-order valence-electron chi connectivity index (χ2n) is 5.49. The summed E-state index contributed by atoms with van der Waals surface area (Å²) in [5.41, 5.74) is 0. The topological polar surface area (TPSA) is 49.0 Å². The zero-order valence-corrected chi connectivity index (χ0v) is 14.2. The molecule has 0 aliphatic carbocycles. The number of nitrogens with one attached hydrogen (secondary N) is 1. The van der Waals surface area contributed by atoms with Crippen LogP contribution in [0.1, 0.15) is 33.1 Å². The molecule has 0 aromatic rings. The van der Waals surface area contributed by atoms with Crippen molar-refractivity contribution >= 4 is 0 Å². The van der Waals surface area contributed by atoms with Crippen LogP contribution >= 0.6 is 0 Å². The van der Waals surface area contributed by atoms with E-state index in [1.165, 1.54) is 12.8 Å². The van der Waals surface area contributed by atoms with Crippen molar-refractivity contribution in [1.29, 1.82) is 0 Å². The molecule has 0 rings (SSSR count). The van der Waals surface area contributed by atoms with Gasteiger partial charge in [0.05, 0.1) is 39.6 Å².